The molecular formula is C20H24ClN3. The van der Waals surface area contributed by atoms with Gasteiger partial charge in [-0.15, -0.1) is 12.4 Å². The molecule has 0 saturated heterocycles. The molecular weight excluding hydrogens is 318 g/mol. The number of rotatable bonds is 2. The molecule has 2 aromatic rings. The van der Waals surface area contributed by atoms with Gasteiger partial charge in [-0.3, -0.25) is 4.99 Å². The van der Waals surface area contributed by atoms with Crippen molar-refractivity contribution in [3.8, 4) is 0 Å². The van der Waals surface area contributed by atoms with Crippen LogP contribution in [0.4, 0.5) is 11.4 Å². The Bertz CT molecular complexity index is 759. The van der Waals surface area contributed by atoms with Crippen molar-refractivity contribution in [2.75, 3.05) is 22.9 Å². The molecule has 0 N–H and O–H groups in total. The molecule has 0 fully saturated rings. The Hall–Kier alpha value is -2.00. The zero-order valence-electron chi connectivity index (χ0n) is 14.5. The van der Waals surface area contributed by atoms with Gasteiger partial charge in [-0.2, -0.15) is 0 Å². The van der Waals surface area contributed by atoms with Crippen LogP contribution in [-0.4, -0.2) is 19.0 Å². The van der Waals surface area contributed by atoms with E-state index in [1.165, 1.54) is 22.5 Å². The van der Waals surface area contributed by atoms with Crippen LogP contribution in [0.15, 0.2) is 53.5 Å². The van der Waals surface area contributed by atoms with E-state index in [1.807, 2.05) is 0 Å². The Morgan fingerprint density at radius 1 is 0.958 bits per heavy atom. The second kappa shape index (κ2) is 6.14. The van der Waals surface area contributed by atoms with Crippen molar-refractivity contribution in [2.24, 2.45) is 4.99 Å². The minimum atomic E-state index is 0. The van der Waals surface area contributed by atoms with E-state index in [0.717, 1.165) is 25.6 Å². The first kappa shape index (κ1) is 16.8. The maximum absolute atomic E-state index is 4.72. The molecule has 3 nitrogen and oxygen atoms in total. The summed E-state index contributed by atoms with van der Waals surface area (Å²) in [6.45, 7) is 9.52. The molecule has 0 spiro atoms. The maximum atomic E-state index is 4.72. The molecule has 0 amide bonds. The zero-order valence-corrected chi connectivity index (χ0v) is 15.3. The van der Waals surface area contributed by atoms with Crippen molar-refractivity contribution >= 4 is 29.7 Å². The fourth-order valence-electron chi connectivity index (χ4n) is 3.37. The van der Waals surface area contributed by atoms with Gasteiger partial charge in [-0.25, -0.2) is 0 Å². The van der Waals surface area contributed by atoms with Gasteiger partial charge in [0.25, 0.3) is 0 Å². The molecule has 4 rings (SSSR count). The Morgan fingerprint density at radius 3 is 2.29 bits per heavy atom. The van der Waals surface area contributed by atoms with Crippen molar-refractivity contribution in [1.29, 1.82) is 0 Å². The molecule has 0 atom stereocenters. The summed E-state index contributed by atoms with van der Waals surface area (Å²) in [4.78, 5) is 9.39. The van der Waals surface area contributed by atoms with E-state index >= 15 is 0 Å². The molecule has 2 aliphatic heterocycles. The topological polar surface area (TPSA) is 18.8 Å². The third-order valence-electron chi connectivity index (χ3n) is 4.68. The number of aliphatic imine (C=N–C) groups is 1. The molecule has 0 aromatic heterocycles. The van der Waals surface area contributed by atoms with Crippen molar-refractivity contribution in [3.05, 3.63) is 59.7 Å². The van der Waals surface area contributed by atoms with Crippen LogP contribution in [0.5, 0.6) is 0 Å². The number of para-hydroxylation sites is 2. The van der Waals surface area contributed by atoms with Gasteiger partial charge in [0.1, 0.15) is 0 Å². The summed E-state index contributed by atoms with van der Waals surface area (Å²) >= 11 is 0. The van der Waals surface area contributed by atoms with E-state index in [4.69, 9.17) is 4.99 Å². The molecule has 0 unspecified atom stereocenters. The highest BCUT2D eigenvalue weighted by molar-refractivity contribution is 6.16. The number of anilines is 2. The highest BCUT2D eigenvalue weighted by atomic mass is 35.5. The van der Waals surface area contributed by atoms with Gasteiger partial charge in [0, 0.05) is 6.54 Å². The van der Waals surface area contributed by atoms with Gasteiger partial charge in [0.2, 0.25) is 5.96 Å². The van der Waals surface area contributed by atoms with Crippen molar-refractivity contribution in [3.63, 3.8) is 0 Å². The van der Waals surface area contributed by atoms with Crippen LogP contribution >= 0.6 is 12.4 Å². The second-order valence-corrected chi connectivity index (χ2v) is 7.36. The van der Waals surface area contributed by atoms with Gasteiger partial charge in [-0.1, -0.05) is 57.2 Å². The average Bonchev–Trinajstić information content (AvgIpc) is 3.10. The highest BCUT2D eigenvalue weighted by Crippen LogP contribution is 2.39. The van der Waals surface area contributed by atoms with Crippen molar-refractivity contribution < 1.29 is 0 Å². The Morgan fingerprint density at radius 2 is 1.62 bits per heavy atom. The third kappa shape index (κ3) is 2.78. The monoisotopic (exact) mass is 341 g/mol. The molecule has 4 heteroatoms. The van der Waals surface area contributed by atoms with Crippen LogP contribution < -0.4 is 9.80 Å². The molecule has 2 aromatic carbocycles. The minimum Gasteiger partial charge on any atom is -0.308 e. The summed E-state index contributed by atoms with van der Waals surface area (Å²) in [5, 5.41) is 0. The molecule has 2 aliphatic rings. The lowest BCUT2D eigenvalue weighted by molar-refractivity contribution is 0.590. The van der Waals surface area contributed by atoms with Crippen LogP contribution in [0, 0.1) is 0 Å². The van der Waals surface area contributed by atoms with Crippen LogP contribution in [0.25, 0.3) is 0 Å². The lowest BCUT2D eigenvalue weighted by atomic mass is 9.87. The molecule has 2 heterocycles. The predicted octanol–water partition coefficient (Wildman–Crippen LogP) is 4.60. The fourth-order valence-corrected chi connectivity index (χ4v) is 3.37. The number of hydrogen-bond acceptors (Lipinski definition) is 3. The first-order valence-electron chi connectivity index (χ1n) is 8.32. The number of benzene rings is 2. The van der Waals surface area contributed by atoms with E-state index in [2.05, 4.69) is 79.1 Å². The summed E-state index contributed by atoms with van der Waals surface area (Å²) in [5.74, 6) is 1.10. The van der Waals surface area contributed by atoms with E-state index in [9.17, 15) is 0 Å². The van der Waals surface area contributed by atoms with E-state index < -0.39 is 0 Å². The summed E-state index contributed by atoms with van der Waals surface area (Å²) < 4.78 is 0. The molecule has 0 radical (unpaired) electrons. The maximum Gasteiger partial charge on any atom is 0.206 e. The van der Waals surface area contributed by atoms with Gasteiger partial charge in [0.15, 0.2) is 0 Å². The highest BCUT2D eigenvalue weighted by Gasteiger charge is 2.34. The third-order valence-corrected chi connectivity index (χ3v) is 4.68. The number of nitrogens with zero attached hydrogens (tertiary/aromatic N) is 3. The lowest BCUT2D eigenvalue weighted by Crippen LogP contribution is -2.34. The van der Waals surface area contributed by atoms with Crippen LogP contribution in [0.2, 0.25) is 0 Å². The Labute approximate surface area is 150 Å². The van der Waals surface area contributed by atoms with Crippen LogP contribution in [-0.2, 0) is 12.0 Å². The first-order valence-corrected chi connectivity index (χ1v) is 8.32. The van der Waals surface area contributed by atoms with E-state index in [1.54, 1.807) is 0 Å². The van der Waals surface area contributed by atoms with Crippen LogP contribution in [0.1, 0.15) is 31.9 Å². The largest absolute Gasteiger partial charge is 0.308 e. The van der Waals surface area contributed by atoms with E-state index in [0.29, 0.717) is 0 Å². The first-order chi connectivity index (χ1) is 11.0. The number of guanidine groups is 1. The van der Waals surface area contributed by atoms with E-state index in [-0.39, 0.29) is 17.8 Å². The van der Waals surface area contributed by atoms with Gasteiger partial charge >= 0.3 is 0 Å². The lowest BCUT2D eigenvalue weighted by Gasteiger charge is -2.22. The molecule has 126 valence electrons. The number of fused-ring (bicyclic) bond motifs is 3. The van der Waals surface area contributed by atoms with Crippen molar-refractivity contribution in [1.82, 2.24) is 0 Å². The van der Waals surface area contributed by atoms with Crippen molar-refractivity contribution in [2.45, 2.75) is 32.7 Å². The SMILES string of the molecule is CC(C)(C)c1ccc(CN2C3=NCCN3c3ccccc32)cc1.Cl. The number of halogens is 1. The standard InChI is InChI=1S/C20H23N3.ClH/c1-20(2,3)16-10-8-15(9-11-16)14-23-18-7-5-4-6-17(18)22-13-12-21-19(22)23;/h4-11H,12-14H2,1-3H3;1H. The number of hydrogen-bond donors (Lipinski definition) is 0. The zero-order chi connectivity index (χ0) is 16.0. The summed E-state index contributed by atoms with van der Waals surface area (Å²) in [7, 11) is 0. The van der Waals surface area contributed by atoms with Crippen LogP contribution in [0.3, 0.4) is 0 Å². The molecule has 24 heavy (non-hydrogen) atoms. The minimum absolute atomic E-state index is 0. The molecule has 0 saturated carbocycles. The summed E-state index contributed by atoms with van der Waals surface area (Å²) in [6.07, 6.45) is 0. The second-order valence-electron chi connectivity index (χ2n) is 7.36. The quantitative estimate of drug-likeness (QED) is 0.794. The normalized spacial score (nSPS) is 15.7. The smallest absolute Gasteiger partial charge is 0.206 e. The fraction of sp³-hybridized carbons (Fsp3) is 0.350. The predicted molar refractivity (Wildman–Crippen MR) is 105 cm³/mol. The van der Waals surface area contributed by atoms with Gasteiger partial charge in [0.05, 0.1) is 24.5 Å². The molecule has 0 aliphatic carbocycles. The Balaban J connectivity index is 0.00000169. The van der Waals surface area contributed by atoms with Gasteiger partial charge < -0.3 is 9.80 Å². The molecule has 0 bridgehead atoms. The average molecular weight is 342 g/mol. The Kier molecular flexibility index (Phi) is 4.31. The van der Waals surface area contributed by atoms with Gasteiger partial charge in [-0.05, 0) is 28.7 Å². The summed E-state index contributed by atoms with van der Waals surface area (Å²) in [5.41, 5.74) is 5.46. The summed E-state index contributed by atoms with van der Waals surface area (Å²) in [6, 6.07) is 17.6.